The Balaban J connectivity index is 1.57. The van der Waals surface area contributed by atoms with Gasteiger partial charge in [-0.25, -0.2) is 4.98 Å². The summed E-state index contributed by atoms with van der Waals surface area (Å²) in [5.74, 6) is 2.16. The first-order chi connectivity index (χ1) is 12.6. The van der Waals surface area contributed by atoms with Crippen LogP contribution in [0.15, 0.2) is 54.7 Å². The number of benzene rings is 2. The molecule has 1 heterocycles. The molecule has 26 heavy (non-hydrogen) atoms. The van der Waals surface area contributed by atoms with Crippen molar-refractivity contribution in [2.24, 2.45) is 0 Å². The van der Waals surface area contributed by atoms with Crippen LogP contribution in [0.3, 0.4) is 0 Å². The number of anilines is 3. The van der Waals surface area contributed by atoms with Crippen LogP contribution in [0, 0.1) is 6.92 Å². The van der Waals surface area contributed by atoms with E-state index < -0.39 is 0 Å². The van der Waals surface area contributed by atoms with Crippen LogP contribution in [0.4, 0.5) is 17.5 Å². The van der Waals surface area contributed by atoms with Crippen LogP contribution >= 0.6 is 11.6 Å². The molecule has 1 aromatic heterocycles. The van der Waals surface area contributed by atoms with Gasteiger partial charge in [0.2, 0.25) is 5.95 Å². The molecule has 0 unspecified atom stereocenters. The number of aromatic nitrogens is 2. The maximum absolute atomic E-state index is 6.16. The smallest absolute Gasteiger partial charge is 0.229 e. The minimum Gasteiger partial charge on any atom is -0.497 e. The van der Waals surface area contributed by atoms with Gasteiger partial charge in [-0.1, -0.05) is 29.8 Å². The second-order valence-corrected chi connectivity index (χ2v) is 6.29. The first-order valence-corrected chi connectivity index (χ1v) is 8.75. The highest BCUT2D eigenvalue weighted by molar-refractivity contribution is 6.31. The molecule has 0 atom stereocenters. The highest BCUT2D eigenvalue weighted by atomic mass is 35.5. The zero-order valence-corrected chi connectivity index (χ0v) is 15.5. The second kappa shape index (κ2) is 8.54. The van der Waals surface area contributed by atoms with Gasteiger partial charge in [-0.15, -0.1) is 0 Å². The number of nitrogens with one attached hydrogen (secondary N) is 2. The first kappa shape index (κ1) is 18.0. The fourth-order valence-electron chi connectivity index (χ4n) is 2.44. The van der Waals surface area contributed by atoms with Crippen LogP contribution in [-0.2, 0) is 6.42 Å². The summed E-state index contributed by atoms with van der Waals surface area (Å²) in [5.41, 5.74) is 3.13. The topological polar surface area (TPSA) is 59.1 Å². The summed E-state index contributed by atoms with van der Waals surface area (Å²) >= 11 is 6.16. The van der Waals surface area contributed by atoms with E-state index in [4.69, 9.17) is 16.3 Å². The van der Waals surface area contributed by atoms with Gasteiger partial charge >= 0.3 is 0 Å². The molecular weight excluding hydrogens is 348 g/mol. The van der Waals surface area contributed by atoms with Gasteiger partial charge in [-0.2, -0.15) is 4.98 Å². The molecule has 0 bridgehead atoms. The van der Waals surface area contributed by atoms with Gasteiger partial charge in [0.25, 0.3) is 0 Å². The fourth-order valence-corrected chi connectivity index (χ4v) is 2.62. The number of halogens is 1. The van der Waals surface area contributed by atoms with E-state index in [-0.39, 0.29) is 0 Å². The molecule has 3 aromatic rings. The predicted molar refractivity (Wildman–Crippen MR) is 107 cm³/mol. The van der Waals surface area contributed by atoms with E-state index in [1.54, 1.807) is 13.3 Å². The third-order valence-electron chi connectivity index (χ3n) is 3.96. The van der Waals surface area contributed by atoms with Crippen LogP contribution in [0.5, 0.6) is 5.75 Å². The van der Waals surface area contributed by atoms with Gasteiger partial charge in [0, 0.05) is 23.5 Å². The van der Waals surface area contributed by atoms with Crippen molar-refractivity contribution >= 4 is 29.1 Å². The molecule has 2 aromatic carbocycles. The van der Waals surface area contributed by atoms with Crippen molar-refractivity contribution in [1.29, 1.82) is 0 Å². The summed E-state index contributed by atoms with van der Waals surface area (Å²) in [4.78, 5) is 8.74. The van der Waals surface area contributed by atoms with Gasteiger partial charge in [-0.3, -0.25) is 0 Å². The number of aryl methyl sites for hydroxylation is 1. The number of methoxy groups -OCH3 is 1. The Labute approximate surface area is 158 Å². The molecule has 0 aliphatic carbocycles. The Hall–Kier alpha value is -2.79. The van der Waals surface area contributed by atoms with E-state index >= 15 is 0 Å². The van der Waals surface area contributed by atoms with E-state index in [0.717, 1.165) is 35.8 Å². The van der Waals surface area contributed by atoms with E-state index in [0.29, 0.717) is 11.0 Å². The maximum atomic E-state index is 6.16. The van der Waals surface area contributed by atoms with Crippen molar-refractivity contribution in [3.8, 4) is 5.75 Å². The Bertz CT molecular complexity index is 868. The number of nitrogens with zero attached hydrogens (tertiary/aromatic N) is 2. The second-order valence-electron chi connectivity index (χ2n) is 5.88. The number of hydrogen-bond donors (Lipinski definition) is 2. The normalized spacial score (nSPS) is 10.4. The third kappa shape index (κ3) is 4.86. The fraction of sp³-hybridized carbons (Fsp3) is 0.200. The molecule has 2 N–H and O–H groups in total. The van der Waals surface area contributed by atoms with Crippen LogP contribution in [-0.4, -0.2) is 23.6 Å². The highest BCUT2D eigenvalue weighted by Crippen LogP contribution is 2.22. The lowest BCUT2D eigenvalue weighted by Gasteiger charge is -2.09. The number of rotatable bonds is 7. The zero-order valence-electron chi connectivity index (χ0n) is 14.8. The standard InChI is InChI=1S/C20H21ClN4O/c1-14-3-6-16(13-18(14)21)24-20-23-12-10-19(25-20)22-11-9-15-4-7-17(26-2)8-5-15/h3-8,10,12-13H,9,11H2,1-2H3,(H2,22,23,24,25). The van der Waals surface area contributed by atoms with Gasteiger partial charge < -0.3 is 15.4 Å². The average molecular weight is 369 g/mol. The van der Waals surface area contributed by atoms with E-state index in [1.807, 2.05) is 43.3 Å². The minimum atomic E-state index is 0.527. The van der Waals surface area contributed by atoms with Crippen molar-refractivity contribution < 1.29 is 4.74 Å². The minimum absolute atomic E-state index is 0.527. The number of hydrogen-bond acceptors (Lipinski definition) is 5. The molecular formula is C20H21ClN4O. The van der Waals surface area contributed by atoms with Gasteiger partial charge in [0.15, 0.2) is 0 Å². The van der Waals surface area contributed by atoms with Crippen LogP contribution in [0.1, 0.15) is 11.1 Å². The van der Waals surface area contributed by atoms with E-state index in [9.17, 15) is 0 Å². The van der Waals surface area contributed by atoms with Gasteiger partial charge in [0.1, 0.15) is 11.6 Å². The van der Waals surface area contributed by atoms with Crippen molar-refractivity contribution in [3.63, 3.8) is 0 Å². The summed E-state index contributed by atoms with van der Waals surface area (Å²) < 4.78 is 5.17. The monoisotopic (exact) mass is 368 g/mol. The lowest BCUT2D eigenvalue weighted by Crippen LogP contribution is -2.07. The molecule has 0 aliphatic heterocycles. The average Bonchev–Trinajstić information content (AvgIpc) is 2.66. The molecule has 0 radical (unpaired) electrons. The molecule has 134 valence electrons. The van der Waals surface area contributed by atoms with Crippen molar-refractivity contribution in [1.82, 2.24) is 9.97 Å². The van der Waals surface area contributed by atoms with Crippen LogP contribution in [0.25, 0.3) is 0 Å². The van der Waals surface area contributed by atoms with Gasteiger partial charge in [0.05, 0.1) is 7.11 Å². The Morgan fingerprint density at radius 3 is 2.62 bits per heavy atom. The summed E-state index contributed by atoms with van der Waals surface area (Å²) in [6.45, 7) is 2.75. The summed E-state index contributed by atoms with van der Waals surface area (Å²) in [7, 11) is 1.67. The summed E-state index contributed by atoms with van der Waals surface area (Å²) in [6, 6.07) is 15.7. The predicted octanol–water partition coefficient (Wildman–Crippen LogP) is 4.85. The first-order valence-electron chi connectivity index (χ1n) is 8.37. The SMILES string of the molecule is COc1ccc(CCNc2ccnc(Nc3ccc(C)c(Cl)c3)n2)cc1. The Morgan fingerprint density at radius 2 is 1.88 bits per heavy atom. The van der Waals surface area contributed by atoms with E-state index in [1.165, 1.54) is 5.56 Å². The molecule has 0 amide bonds. The lowest BCUT2D eigenvalue weighted by molar-refractivity contribution is 0.414. The zero-order chi connectivity index (χ0) is 18.4. The summed E-state index contributed by atoms with van der Waals surface area (Å²) in [6.07, 6.45) is 2.62. The molecule has 0 spiro atoms. The third-order valence-corrected chi connectivity index (χ3v) is 4.37. The Kier molecular flexibility index (Phi) is 5.92. The number of ether oxygens (including phenoxy) is 1. The van der Waals surface area contributed by atoms with Gasteiger partial charge in [-0.05, 0) is 54.8 Å². The Morgan fingerprint density at radius 1 is 1.08 bits per heavy atom. The van der Waals surface area contributed by atoms with Crippen molar-refractivity contribution in [2.75, 3.05) is 24.3 Å². The van der Waals surface area contributed by atoms with Crippen molar-refractivity contribution in [2.45, 2.75) is 13.3 Å². The molecule has 0 fully saturated rings. The molecule has 0 aliphatic rings. The maximum Gasteiger partial charge on any atom is 0.229 e. The lowest BCUT2D eigenvalue weighted by atomic mass is 10.1. The van der Waals surface area contributed by atoms with Crippen LogP contribution < -0.4 is 15.4 Å². The highest BCUT2D eigenvalue weighted by Gasteiger charge is 2.03. The largest absolute Gasteiger partial charge is 0.497 e. The molecule has 0 saturated heterocycles. The van der Waals surface area contributed by atoms with E-state index in [2.05, 4.69) is 32.7 Å². The van der Waals surface area contributed by atoms with Crippen LogP contribution in [0.2, 0.25) is 5.02 Å². The van der Waals surface area contributed by atoms with Crippen molar-refractivity contribution in [3.05, 3.63) is 70.9 Å². The molecule has 5 nitrogen and oxygen atoms in total. The molecule has 6 heteroatoms. The summed E-state index contributed by atoms with van der Waals surface area (Å²) in [5, 5.41) is 7.20. The quantitative estimate of drug-likeness (QED) is 0.624. The molecule has 0 saturated carbocycles. The molecule has 3 rings (SSSR count).